The van der Waals surface area contributed by atoms with Crippen LogP contribution >= 0.6 is 0 Å². The van der Waals surface area contributed by atoms with E-state index in [0.717, 1.165) is 58.3 Å². The maximum Gasteiger partial charge on any atom is 0.193 e. The molecule has 6 nitrogen and oxygen atoms in total. The number of morpholine rings is 1. The van der Waals surface area contributed by atoms with Crippen molar-refractivity contribution in [3.63, 3.8) is 0 Å². The minimum absolute atomic E-state index is 0.247. The first kappa shape index (κ1) is 19.9. The van der Waals surface area contributed by atoms with Gasteiger partial charge in [-0.15, -0.1) is 0 Å². The Balaban J connectivity index is 1.43. The summed E-state index contributed by atoms with van der Waals surface area (Å²) in [7, 11) is 0. The van der Waals surface area contributed by atoms with Crippen LogP contribution < -0.4 is 10.1 Å². The predicted octanol–water partition coefficient (Wildman–Crippen LogP) is 1.97. The normalized spacial score (nSPS) is 21.5. The van der Waals surface area contributed by atoms with Gasteiger partial charge >= 0.3 is 0 Å². The van der Waals surface area contributed by atoms with Crippen LogP contribution in [0.25, 0.3) is 0 Å². The molecule has 1 aromatic rings. The van der Waals surface area contributed by atoms with Crippen LogP contribution in [0.4, 0.5) is 4.39 Å². The van der Waals surface area contributed by atoms with E-state index < -0.39 is 0 Å². The lowest BCUT2D eigenvalue weighted by Crippen LogP contribution is -2.46. The number of guanidine groups is 1. The van der Waals surface area contributed by atoms with Crippen LogP contribution in [0.5, 0.6) is 5.75 Å². The zero-order chi connectivity index (χ0) is 18.9. The fourth-order valence-corrected chi connectivity index (χ4v) is 3.57. The van der Waals surface area contributed by atoms with Crippen molar-refractivity contribution in [3.05, 3.63) is 30.1 Å². The molecule has 0 amide bonds. The summed E-state index contributed by atoms with van der Waals surface area (Å²) >= 11 is 0. The van der Waals surface area contributed by atoms with E-state index in [1.54, 1.807) is 12.1 Å². The highest BCUT2D eigenvalue weighted by Crippen LogP contribution is 2.17. The summed E-state index contributed by atoms with van der Waals surface area (Å²) in [4.78, 5) is 9.68. The van der Waals surface area contributed by atoms with Crippen molar-refractivity contribution >= 4 is 5.96 Å². The second-order valence-electron chi connectivity index (χ2n) is 6.93. The number of hydrogen-bond acceptors (Lipinski definition) is 4. The van der Waals surface area contributed by atoms with Crippen LogP contribution in [0.3, 0.4) is 0 Å². The molecule has 2 aliphatic rings. The summed E-state index contributed by atoms with van der Waals surface area (Å²) in [6.07, 6.45) is 2.01. The van der Waals surface area contributed by atoms with E-state index in [1.807, 2.05) is 0 Å². The Morgan fingerprint density at radius 2 is 2.04 bits per heavy atom. The van der Waals surface area contributed by atoms with E-state index in [1.165, 1.54) is 18.6 Å². The fraction of sp³-hybridized carbons (Fsp3) is 0.650. The van der Waals surface area contributed by atoms with E-state index in [0.29, 0.717) is 24.9 Å². The number of benzene rings is 1. The van der Waals surface area contributed by atoms with Gasteiger partial charge in [-0.05, 0) is 37.6 Å². The molecule has 2 aliphatic heterocycles. The number of nitrogens with zero attached hydrogens (tertiary/aromatic N) is 3. The molecule has 1 unspecified atom stereocenters. The van der Waals surface area contributed by atoms with Gasteiger partial charge in [-0.2, -0.15) is 0 Å². The highest BCUT2D eigenvalue weighted by Gasteiger charge is 2.30. The Morgan fingerprint density at radius 1 is 1.26 bits per heavy atom. The topological polar surface area (TPSA) is 49.3 Å². The van der Waals surface area contributed by atoms with Gasteiger partial charge in [0.2, 0.25) is 0 Å². The molecule has 2 saturated heterocycles. The van der Waals surface area contributed by atoms with Crippen LogP contribution in [-0.2, 0) is 4.74 Å². The number of halogens is 1. The lowest BCUT2D eigenvalue weighted by Gasteiger charge is -2.32. The summed E-state index contributed by atoms with van der Waals surface area (Å²) in [5.74, 6) is 1.44. The summed E-state index contributed by atoms with van der Waals surface area (Å²) in [6.45, 7) is 10.1. The molecular formula is C20H31FN4O2. The van der Waals surface area contributed by atoms with Gasteiger partial charge in [-0.25, -0.2) is 4.39 Å². The standard InChI is InChI=1S/C20H31FN4O2/c1-2-22-20(23-9-3-13-27-19-6-4-17(21)5-7-19)25-10-8-18(16-25)24-11-14-26-15-12-24/h4-7,18H,2-3,8-16H2,1H3,(H,22,23). The first-order valence-electron chi connectivity index (χ1n) is 9.99. The van der Waals surface area contributed by atoms with Gasteiger partial charge in [0.1, 0.15) is 11.6 Å². The van der Waals surface area contributed by atoms with Crippen molar-refractivity contribution < 1.29 is 13.9 Å². The molecule has 1 atom stereocenters. The van der Waals surface area contributed by atoms with Gasteiger partial charge in [0, 0.05) is 51.7 Å². The van der Waals surface area contributed by atoms with E-state index in [4.69, 9.17) is 14.5 Å². The fourth-order valence-electron chi connectivity index (χ4n) is 3.57. The molecule has 2 heterocycles. The molecule has 2 fully saturated rings. The number of nitrogens with one attached hydrogen (secondary N) is 1. The third kappa shape index (κ3) is 6.07. The van der Waals surface area contributed by atoms with Crippen molar-refractivity contribution in [1.29, 1.82) is 0 Å². The monoisotopic (exact) mass is 378 g/mol. The molecule has 3 rings (SSSR count). The highest BCUT2D eigenvalue weighted by atomic mass is 19.1. The van der Waals surface area contributed by atoms with Gasteiger partial charge in [0.25, 0.3) is 0 Å². The van der Waals surface area contributed by atoms with E-state index in [2.05, 4.69) is 22.0 Å². The van der Waals surface area contributed by atoms with Crippen LogP contribution in [-0.4, -0.2) is 80.9 Å². The largest absolute Gasteiger partial charge is 0.494 e. The Hall–Kier alpha value is -1.86. The number of rotatable bonds is 7. The maximum atomic E-state index is 12.9. The molecule has 0 spiro atoms. The van der Waals surface area contributed by atoms with E-state index in [9.17, 15) is 4.39 Å². The zero-order valence-electron chi connectivity index (χ0n) is 16.2. The Bertz CT molecular complexity index is 590. The first-order chi connectivity index (χ1) is 13.3. The Labute approximate surface area is 161 Å². The second kappa shape index (κ2) is 10.5. The average Bonchev–Trinajstić information content (AvgIpc) is 3.19. The molecule has 0 bridgehead atoms. The molecule has 27 heavy (non-hydrogen) atoms. The van der Waals surface area contributed by atoms with Crippen molar-refractivity contribution in [3.8, 4) is 5.75 Å². The van der Waals surface area contributed by atoms with Crippen LogP contribution in [0, 0.1) is 5.82 Å². The smallest absolute Gasteiger partial charge is 0.193 e. The molecule has 150 valence electrons. The first-order valence-corrected chi connectivity index (χ1v) is 9.99. The third-order valence-corrected chi connectivity index (χ3v) is 5.01. The summed E-state index contributed by atoms with van der Waals surface area (Å²) in [6, 6.07) is 6.72. The molecule has 0 radical (unpaired) electrons. The van der Waals surface area contributed by atoms with Crippen molar-refractivity contribution in [2.75, 3.05) is 59.1 Å². The quantitative estimate of drug-likeness (QED) is 0.447. The third-order valence-electron chi connectivity index (χ3n) is 5.01. The zero-order valence-corrected chi connectivity index (χ0v) is 16.2. The average molecular weight is 378 g/mol. The van der Waals surface area contributed by atoms with Gasteiger partial charge in [-0.3, -0.25) is 9.89 Å². The lowest BCUT2D eigenvalue weighted by molar-refractivity contribution is 0.0195. The second-order valence-corrected chi connectivity index (χ2v) is 6.93. The highest BCUT2D eigenvalue weighted by molar-refractivity contribution is 5.80. The van der Waals surface area contributed by atoms with Crippen LogP contribution in [0.15, 0.2) is 29.3 Å². The molecule has 7 heteroatoms. The minimum Gasteiger partial charge on any atom is -0.494 e. The van der Waals surface area contributed by atoms with Crippen molar-refractivity contribution in [2.24, 2.45) is 4.99 Å². The number of aliphatic imine (C=N–C) groups is 1. The molecular weight excluding hydrogens is 347 g/mol. The SMILES string of the molecule is CCNC(=NCCCOc1ccc(F)cc1)N1CCC(N2CCOCC2)C1. The van der Waals surface area contributed by atoms with Crippen molar-refractivity contribution in [2.45, 2.75) is 25.8 Å². The van der Waals surface area contributed by atoms with Gasteiger partial charge in [-0.1, -0.05) is 0 Å². The summed E-state index contributed by atoms with van der Waals surface area (Å²) in [5.41, 5.74) is 0. The molecule has 0 aliphatic carbocycles. The number of likely N-dealkylation sites (tertiary alicyclic amines) is 1. The van der Waals surface area contributed by atoms with Gasteiger partial charge < -0.3 is 19.7 Å². The maximum absolute atomic E-state index is 12.9. The number of ether oxygens (including phenoxy) is 2. The van der Waals surface area contributed by atoms with Crippen LogP contribution in [0.1, 0.15) is 19.8 Å². The van der Waals surface area contributed by atoms with Gasteiger partial charge in [0.05, 0.1) is 19.8 Å². The summed E-state index contributed by atoms with van der Waals surface area (Å²) in [5, 5.41) is 3.41. The van der Waals surface area contributed by atoms with Crippen molar-refractivity contribution in [1.82, 2.24) is 15.1 Å². The lowest BCUT2D eigenvalue weighted by atomic mass is 10.2. The Morgan fingerprint density at radius 3 is 2.78 bits per heavy atom. The number of hydrogen-bond donors (Lipinski definition) is 1. The summed E-state index contributed by atoms with van der Waals surface area (Å²) < 4.78 is 24.0. The van der Waals surface area contributed by atoms with E-state index in [-0.39, 0.29) is 5.82 Å². The molecule has 1 N–H and O–H groups in total. The minimum atomic E-state index is -0.247. The molecule has 1 aromatic carbocycles. The Kier molecular flexibility index (Phi) is 7.71. The van der Waals surface area contributed by atoms with Crippen LogP contribution in [0.2, 0.25) is 0 Å². The molecule has 0 saturated carbocycles. The van der Waals surface area contributed by atoms with Gasteiger partial charge in [0.15, 0.2) is 5.96 Å². The predicted molar refractivity (Wildman–Crippen MR) is 105 cm³/mol. The van der Waals surface area contributed by atoms with E-state index >= 15 is 0 Å². The molecule has 0 aromatic heterocycles.